The third kappa shape index (κ3) is 15.0. The van der Waals surface area contributed by atoms with Crippen LogP contribution in [-0.2, 0) is 24.0 Å². The van der Waals surface area contributed by atoms with E-state index >= 15 is 0 Å². The number of rotatable bonds is 18. The summed E-state index contributed by atoms with van der Waals surface area (Å²) < 4.78 is 0. The number of carbonyl (C=O) groups excluding carboxylic acids is 5. The van der Waals surface area contributed by atoms with Gasteiger partial charge in [0.25, 0.3) is 0 Å². The van der Waals surface area contributed by atoms with Crippen molar-refractivity contribution in [1.29, 1.82) is 0 Å². The summed E-state index contributed by atoms with van der Waals surface area (Å²) in [5, 5.41) is 10.9. The van der Waals surface area contributed by atoms with Crippen molar-refractivity contribution in [2.75, 3.05) is 19.6 Å². The van der Waals surface area contributed by atoms with Crippen LogP contribution in [0.3, 0.4) is 0 Å². The van der Waals surface area contributed by atoms with Gasteiger partial charge in [-0.05, 0) is 45.1 Å². The minimum atomic E-state index is -0.741. The fourth-order valence-corrected chi connectivity index (χ4v) is 2.95. The van der Waals surface area contributed by atoms with Gasteiger partial charge in [-0.15, -0.1) is 0 Å². The van der Waals surface area contributed by atoms with Crippen molar-refractivity contribution in [2.45, 2.75) is 84.2 Å². The van der Waals surface area contributed by atoms with E-state index in [0.717, 1.165) is 6.42 Å². The van der Waals surface area contributed by atoms with Crippen LogP contribution in [0.15, 0.2) is 0 Å². The number of hydrogen-bond acceptors (Lipinski definition) is 6. The molecule has 2 atom stereocenters. The number of amides is 4. The smallest absolute Gasteiger partial charge is 0.240 e. The standard InChI is InChI=1S/C21H39N5O5/c1-4-8-18(28)16(25-15(3)27)10-11-19(29)24-13-7-6-9-17(21(22)31)26-20(30)14-23-12-5-2/h16-17,23H,4-14H2,1-3H3,(H2,22,31)(H,24,29)(H,25,27)(H,26,30)/t16-,17-/m0/s1. The highest BCUT2D eigenvalue weighted by molar-refractivity contribution is 5.89. The highest BCUT2D eigenvalue weighted by Crippen LogP contribution is 2.05. The molecule has 0 rings (SSSR count). The lowest BCUT2D eigenvalue weighted by atomic mass is 10.0. The SMILES string of the molecule is CCCNCC(=O)N[C@@H](CCCCNC(=O)CC[C@H](NC(C)=O)C(=O)CCC)C(N)=O. The molecule has 0 heterocycles. The van der Waals surface area contributed by atoms with Crippen molar-refractivity contribution in [3.05, 3.63) is 0 Å². The summed E-state index contributed by atoms with van der Waals surface area (Å²) in [5.74, 6) is -1.45. The van der Waals surface area contributed by atoms with Gasteiger partial charge in [0.15, 0.2) is 5.78 Å². The molecule has 0 aromatic carbocycles. The molecule has 0 unspecified atom stereocenters. The average Bonchev–Trinajstić information content (AvgIpc) is 2.69. The Hall–Kier alpha value is -2.49. The highest BCUT2D eigenvalue weighted by atomic mass is 16.2. The van der Waals surface area contributed by atoms with Gasteiger partial charge < -0.3 is 27.0 Å². The number of primary amides is 1. The molecule has 10 heteroatoms. The van der Waals surface area contributed by atoms with Gasteiger partial charge in [0.05, 0.1) is 12.6 Å². The molecule has 31 heavy (non-hydrogen) atoms. The van der Waals surface area contributed by atoms with E-state index < -0.39 is 18.0 Å². The predicted octanol–water partition coefficient (Wildman–Crippen LogP) is -0.103. The van der Waals surface area contributed by atoms with Gasteiger partial charge in [-0.3, -0.25) is 24.0 Å². The van der Waals surface area contributed by atoms with Gasteiger partial charge in [0, 0.05) is 26.3 Å². The molecule has 0 aromatic rings. The van der Waals surface area contributed by atoms with Crippen LogP contribution in [0.25, 0.3) is 0 Å². The first-order valence-electron chi connectivity index (χ1n) is 11.1. The van der Waals surface area contributed by atoms with Crippen LogP contribution >= 0.6 is 0 Å². The van der Waals surface area contributed by atoms with E-state index in [1.54, 1.807) is 0 Å². The molecular formula is C21H39N5O5. The molecule has 0 saturated heterocycles. The van der Waals surface area contributed by atoms with Crippen molar-refractivity contribution in [2.24, 2.45) is 5.73 Å². The van der Waals surface area contributed by atoms with Crippen LogP contribution in [0.4, 0.5) is 0 Å². The Bertz CT molecular complexity index is 597. The van der Waals surface area contributed by atoms with Crippen molar-refractivity contribution < 1.29 is 24.0 Å². The zero-order valence-electron chi connectivity index (χ0n) is 19.1. The number of ketones is 1. The lowest BCUT2D eigenvalue weighted by molar-refractivity contribution is -0.127. The molecular weight excluding hydrogens is 402 g/mol. The lowest BCUT2D eigenvalue weighted by Crippen LogP contribution is -2.47. The van der Waals surface area contributed by atoms with E-state index in [-0.39, 0.29) is 42.9 Å². The van der Waals surface area contributed by atoms with Crippen LogP contribution in [0.2, 0.25) is 0 Å². The lowest BCUT2D eigenvalue weighted by Gasteiger charge is -2.17. The van der Waals surface area contributed by atoms with Gasteiger partial charge in [0.1, 0.15) is 6.04 Å². The van der Waals surface area contributed by atoms with Gasteiger partial charge in [-0.25, -0.2) is 0 Å². The molecule has 178 valence electrons. The fourth-order valence-electron chi connectivity index (χ4n) is 2.95. The van der Waals surface area contributed by atoms with E-state index in [1.807, 2.05) is 13.8 Å². The van der Waals surface area contributed by atoms with E-state index in [2.05, 4.69) is 21.3 Å². The Balaban J connectivity index is 4.18. The third-order valence-electron chi connectivity index (χ3n) is 4.56. The monoisotopic (exact) mass is 441 g/mol. The van der Waals surface area contributed by atoms with Gasteiger partial charge >= 0.3 is 0 Å². The molecule has 4 amide bonds. The molecule has 0 radical (unpaired) electrons. The quantitative estimate of drug-likeness (QED) is 0.187. The summed E-state index contributed by atoms with van der Waals surface area (Å²) >= 11 is 0. The van der Waals surface area contributed by atoms with Crippen molar-refractivity contribution in [1.82, 2.24) is 21.3 Å². The first kappa shape index (κ1) is 28.5. The Morgan fingerprint density at radius 2 is 1.52 bits per heavy atom. The summed E-state index contributed by atoms with van der Waals surface area (Å²) in [6.45, 7) is 6.47. The van der Waals surface area contributed by atoms with E-state index in [0.29, 0.717) is 45.2 Å². The third-order valence-corrected chi connectivity index (χ3v) is 4.56. The Morgan fingerprint density at radius 3 is 2.10 bits per heavy atom. The molecule has 0 bridgehead atoms. The maximum atomic E-state index is 12.0. The second-order valence-corrected chi connectivity index (χ2v) is 7.55. The van der Waals surface area contributed by atoms with Crippen LogP contribution in [-0.4, -0.2) is 61.1 Å². The van der Waals surface area contributed by atoms with E-state index in [1.165, 1.54) is 6.92 Å². The normalized spacial score (nSPS) is 12.5. The molecule has 0 aliphatic rings. The van der Waals surface area contributed by atoms with Gasteiger partial charge in [-0.1, -0.05) is 13.8 Å². The molecule has 0 aromatic heterocycles. The molecule has 0 aliphatic carbocycles. The number of carbonyl (C=O) groups is 5. The first-order chi connectivity index (χ1) is 14.7. The summed E-state index contributed by atoms with van der Waals surface area (Å²) in [5.41, 5.74) is 5.35. The van der Waals surface area contributed by atoms with Crippen LogP contribution in [0.5, 0.6) is 0 Å². The zero-order chi connectivity index (χ0) is 23.6. The molecule has 10 nitrogen and oxygen atoms in total. The molecule has 0 spiro atoms. The van der Waals surface area contributed by atoms with E-state index in [4.69, 9.17) is 5.73 Å². The van der Waals surface area contributed by atoms with Crippen LogP contribution in [0.1, 0.15) is 72.1 Å². The minimum Gasteiger partial charge on any atom is -0.368 e. The Morgan fingerprint density at radius 1 is 0.806 bits per heavy atom. The predicted molar refractivity (Wildman–Crippen MR) is 118 cm³/mol. The van der Waals surface area contributed by atoms with Gasteiger partial charge in [0.2, 0.25) is 23.6 Å². The topological polar surface area (TPSA) is 159 Å². The summed E-state index contributed by atoms with van der Waals surface area (Å²) in [4.78, 5) is 58.6. The summed E-state index contributed by atoms with van der Waals surface area (Å²) in [6, 6.07) is -1.38. The number of nitrogens with two attached hydrogens (primary N) is 1. The Labute approximate surface area is 184 Å². The number of nitrogens with one attached hydrogen (secondary N) is 4. The maximum absolute atomic E-state index is 12.0. The Kier molecular flexibility index (Phi) is 15.8. The summed E-state index contributed by atoms with van der Waals surface area (Å²) in [7, 11) is 0. The van der Waals surface area contributed by atoms with Crippen molar-refractivity contribution in [3.8, 4) is 0 Å². The average molecular weight is 442 g/mol. The molecule has 0 fully saturated rings. The van der Waals surface area contributed by atoms with Crippen molar-refractivity contribution >= 4 is 29.4 Å². The fraction of sp³-hybridized carbons (Fsp3) is 0.762. The second-order valence-electron chi connectivity index (χ2n) is 7.55. The highest BCUT2D eigenvalue weighted by Gasteiger charge is 2.20. The van der Waals surface area contributed by atoms with Gasteiger partial charge in [-0.2, -0.15) is 0 Å². The zero-order valence-corrected chi connectivity index (χ0v) is 19.1. The van der Waals surface area contributed by atoms with Crippen LogP contribution in [0, 0.1) is 0 Å². The number of hydrogen-bond donors (Lipinski definition) is 5. The van der Waals surface area contributed by atoms with Crippen LogP contribution < -0.4 is 27.0 Å². The molecule has 6 N–H and O–H groups in total. The minimum absolute atomic E-state index is 0.0741. The number of unbranched alkanes of at least 4 members (excludes halogenated alkanes) is 1. The summed E-state index contributed by atoms with van der Waals surface area (Å²) in [6.07, 6.45) is 3.94. The number of Topliss-reactive ketones (excluding diaryl/α,β-unsaturated/α-hetero) is 1. The van der Waals surface area contributed by atoms with E-state index in [9.17, 15) is 24.0 Å². The molecule has 0 saturated carbocycles. The second kappa shape index (κ2) is 17.2. The first-order valence-corrected chi connectivity index (χ1v) is 11.1. The maximum Gasteiger partial charge on any atom is 0.240 e. The largest absolute Gasteiger partial charge is 0.368 e. The molecule has 0 aliphatic heterocycles. The van der Waals surface area contributed by atoms with Crippen molar-refractivity contribution in [3.63, 3.8) is 0 Å².